The van der Waals surface area contributed by atoms with Gasteiger partial charge >= 0.3 is 0 Å². The topological polar surface area (TPSA) is 54.3 Å². The molecule has 1 N–H and O–H groups in total. The molecule has 1 aliphatic heterocycles. The molecule has 0 aliphatic carbocycles. The van der Waals surface area contributed by atoms with E-state index >= 15 is 0 Å². The summed E-state index contributed by atoms with van der Waals surface area (Å²) < 4.78 is 5.33. The monoisotopic (exact) mass is 264 g/mol. The molecule has 0 radical (unpaired) electrons. The van der Waals surface area contributed by atoms with Crippen LogP contribution < -0.4 is 4.90 Å². The van der Waals surface area contributed by atoms with E-state index in [0.29, 0.717) is 13.0 Å². The van der Waals surface area contributed by atoms with Crippen molar-refractivity contribution in [2.45, 2.75) is 6.42 Å². The van der Waals surface area contributed by atoms with Crippen LogP contribution in [0.25, 0.3) is 0 Å². The number of morpholine rings is 1. The van der Waals surface area contributed by atoms with Crippen LogP contribution in [0.5, 0.6) is 0 Å². The largest absolute Gasteiger partial charge is 0.396 e. The molecular weight excluding hydrogens is 244 g/mol. The summed E-state index contributed by atoms with van der Waals surface area (Å²) in [5, 5.41) is 12.4. The van der Waals surface area contributed by atoms with Crippen LogP contribution in [0, 0.1) is 0 Å². The fourth-order valence-corrected chi connectivity index (χ4v) is 1.87. The van der Waals surface area contributed by atoms with E-state index in [1.54, 1.807) is 6.21 Å². The van der Waals surface area contributed by atoms with Crippen LogP contribution in [0.3, 0.4) is 0 Å². The molecule has 1 aliphatic rings. The van der Waals surface area contributed by atoms with E-state index in [4.69, 9.17) is 14.7 Å². The second-order valence-electron chi connectivity index (χ2n) is 4.34. The Bertz CT molecular complexity index is 386. The van der Waals surface area contributed by atoms with Gasteiger partial charge in [-0.15, -0.1) is 0 Å². The molecule has 2 rings (SSSR count). The van der Waals surface area contributed by atoms with Crippen LogP contribution in [0.1, 0.15) is 12.0 Å². The van der Waals surface area contributed by atoms with Gasteiger partial charge in [0.1, 0.15) is 6.61 Å². The smallest absolute Gasteiger partial charge is 0.119 e. The van der Waals surface area contributed by atoms with Gasteiger partial charge in [-0.25, -0.2) is 0 Å². The van der Waals surface area contributed by atoms with Gasteiger partial charge in [-0.1, -0.05) is 17.3 Å². The molecule has 1 aromatic rings. The van der Waals surface area contributed by atoms with Gasteiger partial charge in [0, 0.05) is 31.8 Å². The Morgan fingerprint density at radius 2 is 2.00 bits per heavy atom. The molecule has 0 amide bonds. The summed E-state index contributed by atoms with van der Waals surface area (Å²) in [6, 6.07) is 8.20. The predicted octanol–water partition coefficient (Wildman–Crippen LogP) is 1.26. The van der Waals surface area contributed by atoms with Crippen LogP contribution in [-0.4, -0.2) is 50.8 Å². The lowest BCUT2D eigenvalue weighted by atomic mass is 10.2. The fraction of sp³-hybridized carbons (Fsp3) is 0.500. The minimum absolute atomic E-state index is 0.129. The first-order valence-electron chi connectivity index (χ1n) is 6.59. The zero-order valence-corrected chi connectivity index (χ0v) is 11.0. The van der Waals surface area contributed by atoms with Crippen LogP contribution in [0.4, 0.5) is 5.69 Å². The summed E-state index contributed by atoms with van der Waals surface area (Å²) in [5.41, 5.74) is 2.21. The number of benzene rings is 1. The number of nitrogens with zero attached hydrogens (tertiary/aromatic N) is 2. The van der Waals surface area contributed by atoms with E-state index < -0.39 is 0 Å². The van der Waals surface area contributed by atoms with Gasteiger partial charge in [0.25, 0.3) is 0 Å². The Hall–Kier alpha value is -1.59. The van der Waals surface area contributed by atoms with Crippen molar-refractivity contribution >= 4 is 11.9 Å². The highest BCUT2D eigenvalue weighted by Crippen LogP contribution is 2.15. The number of oxime groups is 1. The molecular formula is C14H20N2O3. The van der Waals surface area contributed by atoms with Crippen molar-refractivity contribution in [3.05, 3.63) is 29.8 Å². The van der Waals surface area contributed by atoms with E-state index in [0.717, 1.165) is 31.9 Å². The van der Waals surface area contributed by atoms with Crippen molar-refractivity contribution in [3.63, 3.8) is 0 Å². The van der Waals surface area contributed by atoms with Crippen molar-refractivity contribution in [1.29, 1.82) is 0 Å². The number of ether oxygens (including phenoxy) is 1. The van der Waals surface area contributed by atoms with Gasteiger partial charge in [-0.3, -0.25) is 0 Å². The third-order valence-corrected chi connectivity index (χ3v) is 2.94. The van der Waals surface area contributed by atoms with E-state index in [9.17, 15) is 0 Å². The van der Waals surface area contributed by atoms with E-state index in [2.05, 4.69) is 22.2 Å². The molecule has 0 spiro atoms. The lowest BCUT2D eigenvalue weighted by molar-refractivity contribution is 0.122. The summed E-state index contributed by atoms with van der Waals surface area (Å²) in [7, 11) is 0. The van der Waals surface area contributed by atoms with Crippen LogP contribution in [-0.2, 0) is 9.57 Å². The summed E-state index contributed by atoms with van der Waals surface area (Å²) in [6.07, 6.45) is 2.29. The molecule has 5 nitrogen and oxygen atoms in total. The molecule has 1 fully saturated rings. The Morgan fingerprint density at radius 1 is 1.26 bits per heavy atom. The minimum atomic E-state index is 0.129. The molecule has 0 bridgehead atoms. The van der Waals surface area contributed by atoms with E-state index in [1.165, 1.54) is 5.69 Å². The lowest BCUT2D eigenvalue weighted by Gasteiger charge is -2.28. The highest BCUT2D eigenvalue weighted by Gasteiger charge is 2.10. The number of rotatable bonds is 6. The number of aliphatic hydroxyl groups excluding tert-OH is 1. The van der Waals surface area contributed by atoms with Crippen molar-refractivity contribution in [2.75, 3.05) is 44.4 Å². The maximum Gasteiger partial charge on any atom is 0.119 e. The normalized spacial score (nSPS) is 15.9. The zero-order valence-electron chi connectivity index (χ0n) is 11.0. The predicted molar refractivity (Wildman–Crippen MR) is 74.7 cm³/mol. The minimum Gasteiger partial charge on any atom is -0.396 e. The fourth-order valence-electron chi connectivity index (χ4n) is 1.87. The number of hydrogen-bond acceptors (Lipinski definition) is 5. The van der Waals surface area contributed by atoms with Crippen molar-refractivity contribution in [3.8, 4) is 0 Å². The Morgan fingerprint density at radius 3 is 2.68 bits per heavy atom. The molecule has 0 aromatic heterocycles. The molecule has 0 atom stereocenters. The standard InChI is InChI=1S/C14H20N2O3/c17-8-1-9-19-15-12-13-2-4-14(5-3-13)16-6-10-18-11-7-16/h2-5,12,17H,1,6-11H2/b15-12+. The third-order valence-electron chi connectivity index (χ3n) is 2.94. The zero-order chi connectivity index (χ0) is 13.3. The van der Waals surface area contributed by atoms with Gasteiger partial charge < -0.3 is 19.6 Å². The van der Waals surface area contributed by atoms with Gasteiger partial charge in [-0.05, 0) is 17.7 Å². The highest BCUT2D eigenvalue weighted by molar-refractivity contribution is 5.79. The summed E-state index contributed by atoms with van der Waals surface area (Å²) in [4.78, 5) is 7.31. The maximum atomic E-state index is 8.59. The van der Waals surface area contributed by atoms with Crippen molar-refractivity contribution < 1.29 is 14.7 Å². The molecule has 0 unspecified atom stereocenters. The van der Waals surface area contributed by atoms with Crippen molar-refractivity contribution in [1.82, 2.24) is 0 Å². The average molecular weight is 264 g/mol. The van der Waals surface area contributed by atoms with E-state index in [1.807, 2.05) is 12.1 Å². The van der Waals surface area contributed by atoms with Gasteiger partial charge in [0.15, 0.2) is 0 Å². The Labute approximate surface area is 113 Å². The molecule has 5 heteroatoms. The SMILES string of the molecule is OCCCO/N=C/c1ccc(N2CCOCC2)cc1. The first-order chi connectivity index (χ1) is 9.40. The average Bonchev–Trinajstić information content (AvgIpc) is 2.49. The second kappa shape index (κ2) is 7.76. The third kappa shape index (κ3) is 4.54. The number of hydrogen-bond donors (Lipinski definition) is 1. The molecule has 104 valence electrons. The summed E-state index contributed by atoms with van der Waals surface area (Å²) >= 11 is 0. The number of anilines is 1. The second-order valence-corrected chi connectivity index (χ2v) is 4.34. The van der Waals surface area contributed by atoms with Gasteiger partial charge in [0.05, 0.1) is 19.4 Å². The quantitative estimate of drug-likeness (QED) is 0.477. The lowest BCUT2D eigenvalue weighted by Crippen LogP contribution is -2.36. The Kier molecular flexibility index (Phi) is 5.65. The summed E-state index contributed by atoms with van der Waals surface area (Å²) in [5.74, 6) is 0. The van der Waals surface area contributed by atoms with Gasteiger partial charge in [0.2, 0.25) is 0 Å². The number of aliphatic hydroxyl groups is 1. The molecule has 1 aromatic carbocycles. The summed E-state index contributed by atoms with van der Waals surface area (Å²) in [6.45, 7) is 4.04. The molecule has 0 saturated carbocycles. The maximum absolute atomic E-state index is 8.59. The molecule has 19 heavy (non-hydrogen) atoms. The first-order valence-corrected chi connectivity index (χ1v) is 6.59. The molecule has 1 heterocycles. The van der Waals surface area contributed by atoms with Gasteiger partial charge in [-0.2, -0.15) is 0 Å². The van der Waals surface area contributed by atoms with Crippen LogP contribution in [0.2, 0.25) is 0 Å². The van der Waals surface area contributed by atoms with E-state index in [-0.39, 0.29) is 6.61 Å². The highest BCUT2D eigenvalue weighted by atomic mass is 16.6. The molecule has 1 saturated heterocycles. The van der Waals surface area contributed by atoms with Crippen LogP contribution >= 0.6 is 0 Å². The first kappa shape index (κ1) is 13.8. The van der Waals surface area contributed by atoms with Crippen LogP contribution in [0.15, 0.2) is 29.4 Å². The Balaban J connectivity index is 1.83. The van der Waals surface area contributed by atoms with Crippen molar-refractivity contribution in [2.24, 2.45) is 5.16 Å².